The molecule has 0 aliphatic rings. The highest BCUT2D eigenvalue weighted by Gasteiger charge is 2.15. The number of benzene rings is 2. The SMILES string of the molecule is O=C(NC(CBr)c1ccccc1)c1ccc(I)c(O)c1. The van der Waals surface area contributed by atoms with Gasteiger partial charge in [-0.1, -0.05) is 46.3 Å². The Morgan fingerprint density at radius 1 is 1.25 bits per heavy atom. The summed E-state index contributed by atoms with van der Waals surface area (Å²) in [5, 5.41) is 13.2. The normalized spacial score (nSPS) is 11.9. The number of carbonyl (C=O) groups excluding carboxylic acids is 1. The van der Waals surface area contributed by atoms with Crippen molar-refractivity contribution in [1.82, 2.24) is 5.32 Å². The maximum atomic E-state index is 12.2. The summed E-state index contributed by atoms with van der Waals surface area (Å²) in [6.45, 7) is 0. The molecule has 0 radical (unpaired) electrons. The minimum atomic E-state index is -0.204. The third-order valence-corrected chi connectivity index (χ3v) is 4.43. The van der Waals surface area contributed by atoms with Crippen molar-refractivity contribution in [2.75, 3.05) is 5.33 Å². The number of amides is 1. The molecule has 0 spiro atoms. The maximum absolute atomic E-state index is 12.2. The van der Waals surface area contributed by atoms with Crippen LogP contribution in [-0.4, -0.2) is 16.3 Å². The summed E-state index contributed by atoms with van der Waals surface area (Å²) in [4.78, 5) is 12.2. The molecule has 0 aromatic heterocycles. The summed E-state index contributed by atoms with van der Waals surface area (Å²) in [5.41, 5.74) is 1.48. The number of hydrogen-bond donors (Lipinski definition) is 2. The van der Waals surface area contributed by atoms with Gasteiger partial charge in [-0.25, -0.2) is 0 Å². The molecule has 0 aliphatic heterocycles. The van der Waals surface area contributed by atoms with Gasteiger partial charge in [0.15, 0.2) is 0 Å². The average molecular weight is 446 g/mol. The van der Waals surface area contributed by atoms with Crippen LogP contribution >= 0.6 is 38.5 Å². The Bertz CT molecular complexity index is 604. The summed E-state index contributed by atoms with van der Waals surface area (Å²) < 4.78 is 0.722. The molecular weight excluding hydrogens is 433 g/mol. The first-order chi connectivity index (χ1) is 9.61. The molecule has 0 saturated heterocycles. The first-order valence-corrected chi connectivity index (χ1v) is 8.22. The van der Waals surface area contributed by atoms with E-state index < -0.39 is 0 Å². The van der Waals surface area contributed by atoms with Crippen LogP contribution in [0.5, 0.6) is 5.75 Å². The van der Waals surface area contributed by atoms with Gasteiger partial charge in [0.2, 0.25) is 0 Å². The minimum absolute atomic E-state index is 0.106. The van der Waals surface area contributed by atoms with Crippen LogP contribution < -0.4 is 5.32 Å². The molecule has 0 fully saturated rings. The highest BCUT2D eigenvalue weighted by molar-refractivity contribution is 14.1. The van der Waals surface area contributed by atoms with E-state index >= 15 is 0 Å². The van der Waals surface area contributed by atoms with Crippen molar-refractivity contribution in [2.45, 2.75) is 6.04 Å². The lowest BCUT2D eigenvalue weighted by Crippen LogP contribution is -2.29. The van der Waals surface area contributed by atoms with Gasteiger partial charge >= 0.3 is 0 Å². The standard InChI is InChI=1S/C15H13BrINO2/c16-9-13(10-4-2-1-3-5-10)18-15(20)11-6-7-12(17)14(19)8-11/h1-8,13,19H,9H2,(H,18,20). The Balaban J connectivity index is 2.15. The first kappa shape index (κ1) is 15.3. The van der Waals surface area contributed by atoms with Crippen molar-refractivity contribution in [3.05, 3.63) is 63.2 Å². The van der Waals surface area contributed by atoms with Gasteiger partial charge in [0.1, 0.15) is 5.75 Å². The predicted molar refractivity (Wildman–Crippen MR) is 91.3 cm³/mol. The summed E-state index contributed by atoms with van der Waals surface area (Å²) >= 11 is 5.43. The zero-order valence-corrected chi connectivity index (χ0v) is 14.3. The fourth-order valence-corrected chi connectivity index (χ4v) is 2.66. The number of carbonyl (C=O) groups is 1. The number of hydrogen-bond acceptors (Lipinski definition) is 2. The molecule has 1 atom stereocenters. The van der Waals surface area contributed by atoms with E-state index in [2.05, 4.69) is 21.2 Å². The summed E-state index contributed by atoms with van der Waals surface area (Å²) in [5.74, 6) is -0.0849. The zero-order valence-electron chi connectivity index (χ0n) is 10.5. The fourth-order valence-electron chi connectivity index (χ4n) is 1.79. The Kier molecular flexibility index (Phi) is 5.42. The molecule has 0 bridgehead atoms. The number of rotatable bonds is 4. The molecule has 3 nitrogen and oxygen atoms in total. The molecule has 20 heavy (non-hydrogen) atoms. The van der Waals surface area contributed by atoms with Gasteiger partial charge in [-0.15, -0.1) is 0 Å². The number of alkyl halides is 1. The van der Waals surface area contributed by atoms with Crippen molar-refractivity contribution in [3.63, 3.8) is 0 Å². The van der Waals surface area contributed by atoms with Gasteiger partial charge in [-0.2, -0.15) is 0 Å². The molecule has 0 saturated carbocycles. The zero-order chi connectivity index (χ0) is 14.5. The van der Waals surface area contributed by atoms with Crippen molar-refractivity contribution < 1.29 is 9.90 Å². The molecule has 1 amide bonds. The van der Waals surface area contributed by atoms with Crippen LogP contribution in [0.2, 0.25) is 0 Å². The largest absolute Gasteiger partial charge is 0.507 e. The van der Waals surface area contributed by atoms with Gasteiger partial charge < -0.3 is 10.4 Å². The fraction of sp³-hybridized carbons (Fsp3) is 0.133. The van der Waals surface area contributed by atoms with Crippen molar-refractivity contribution in [2.24, 2.45) is 0 Å². The molecule has 0 heterocycles. The number of phenols is 1. The van der Waals surface area contributed by atoms with E-state index in [1.54, 1.807) is 12.1 Å². The second kappa shape index (κ2) is 7.08. The second-order valence-corrected chi connectivity index (χ2v) is 6.07. The summed E-state index contributed by atoms with van der Waals surface area (Å²) in [6, 6.07) is 14.5. The molecule has 2 aromatic carbocycles. The Morgan fingerprint density at radius 2 is 1.95 bits per heavy atom. The van der Waals surface area contributed by atoms with E-state index in [-0.39, 0.29) is 17.7 Å². The molecule has 2 aromatic rings. The van der Waals surface area contributed by atoms with E-state index in [1.165, 1.54) is 6.07 Å². The third-order valence-electron chi connectivity index (χ3n) is 2.87. The lowest BCUT2D eigenvalue weighted by molar-refractivity contribution is 0.0940. The van der Waals surface area contributed by atoms with Crippen LogP contribution in [0.25, 0.3) is 0 Å². The number of phenolic OH excluding ortho intramolecular Hbond substituents is 1. The average Bonchev–Trinajstić information content (AvgIpc) is 2.48. The number of nitrogens with one attached hydrogen (secondary N) is 1. The maximum Gasteiger partial charge on any atom is 0.251 e. The molecule has 2 N–H and O–H groups in total. The predicted octanol–water partition coefficient (Wildman–Crippen LogP) is 3.86. The smallest absolute Gasteiger partial charge is 0.251 e. The van der Waals surface area contributed by atoms with Gasteiger partial charge in [0.05, 0.1) is 9.61 Å². The second-order valence-electron chi connectivity index (χ2n) is 4.26. The highest BCUT2D eigenvalue weighted by atomic mass is 127. The van der Waals surface area contributed by atoms with E-state index in [9.17, 15) is 9.90 Å². The van der Waals surface area contributed by atoms with Crippen LogP contribution in [0.4, 0.5) is 0 Å². The number of aromatic hydroxyl groups is 1. The molecule has 104 valence electrons. The summed E-state index contributed by atoms with van der Waals surface area (Å²) in [6.07, 6.45) is 0. The van der Waals surface area contributed by atoms with Crippen LogP contribution in [0.3, 0.4) is 0 Å². The molecule has 5 heteroatoms. The van der Waals surface area contributed by atoms with Crippen molar-refractivity contribution in [1.29, 1.82) is 0 Å². The molecule has 1 unspecified atom stereocenters. The van der Waals surface area contributed by atoms with Crippen LogP contribution in [0.15, 0.2) is 48.5 Å². The van der Waals surface area contributed by atoms with E-state index in [0.29, 0.717) is 10.9 Å². The van der Waals surface area contributed by atoms with Crippen LogP contribution in [0, 0.1) is 3.57 Å². The van der Waals surface area contributed by atoms with Gasteiger partial charge in [-0.05, 0) is 46.4 Å². The van der Waals surface area contributed by atoms with Crippen molar-refractivity contribution in [3.8, 4) is 5.75 Å². The monoisotopic (exact) mass is 445 g/mol. The lowest BCUT2D eigenvalue weighted by Gasteiger charge is -2.17. The molecular formula is C15H13BrINO2. The van der Waals surface area contributed by atoms with E-state index in [4.69, 9.17) is 0 Å². The first-order valence-electron chi connectivity index (χ1n) is 6.02. The minimum Gasteiger partial charge on any atom is -0.507 e. The van der Waals surface area contributed by atoms with Gasteiger partial charge in [0, 0.05) is 10.9 Å². The Morgan fingerprint density at radius 3 is 2.55 bits per heavy atom. The topological polar surface area (TPSA) is 49.3 Å². The van der Waals surface area contributed by atoms with Crippen molar-refractivity contribution >= 4 is 44.4 Å². The lowest BCUT2D eigenvalue weighted by atomic mass is 10.1. The number of halogens is 2. The Hall–Kier alpha value is -1.08. The van der Waals surface area contributed by atoms with Gasteiger partial charge in [0.25, 0.3) is 5.91 Å². The van der Waals surface area contributed by atoms with E-state index in [0.717, 1.165) is 9.13 Å². The van der Waals surface area contributed by atoms with Crippen LogP contribution in [-0.2, 0) is 0 Å². The summed E-state index contributed by atoms with van der Waals surface area (Å²) in [7, 11) is 0. The quantitative estimate of drug-likeness (QED) is 0.554. The van der Waals surface area contributed by atoms with E-state index in [1.807, 2.05) is 52.9 Å². The van der Waals surface area contributed by atoms with Gasteiger partial charge in [-0.3, -0.25) is 4.79 Å². The highest BCUT2D eigenvalue weighted by Crippen LogP contribution is 2.21. The van der Waals surface area contributed by atoms with Crippen LogP contribution in [0.1, 0.15) is 22.0 Å². The molecule has 2 rings (SSSR count). The Labute approximate surface area is 139 Å². The third kappa shape index (κ3) is 3.73. The molecule has 0 aliphatic carbocycles.